The van der Waals surface area contributed by atoms with Crippen molar-refractivity contribution in [1.82, 2.24) is 30.4 Å². The molecule has 0 unspecified atom stereocenters. The third-order valence-corrected chi connectivity index (χ3v) is 4.53. The Hall–Kier alpha value is -2.68. The van der Waals surface area contributed by atoms with Crippen molar-refractivity contribution < 1.29 is 4.79 Å². The molecule has 1 aromatic carbocycles. The molecule has 1 aliphatic carbocycles. The number of hydrogen-bond acceptors (Lipinski definition) is 7. The number of tetrazole rings is 1. The van der Waals surface area contributed by atoms with Gasteiger partial charge in [0.25, 0.3) is 0 Å². The second-order valence-electron chi connectivity index (χ2n) is 5.37. The second kappa shape index (κ2) is 5.84. The van der Waals surface area contributed by atoms with Gasteiger partial charge in [-0.3, -0.25) is 4.79 Å². The van der Waals surface area contributed by atoms with Crippen LogP contribution in [0.25, 0.3) is 5.69 Å². The number of benzene rings is 1. The van der Waals surface area contributed by atoms with Crippen LogP contribution in [0.2, 0.25) is 0 Å². The summed E-state index contributed by atoms with van der Waals surface area (Å²) in [5.41, 5.74) is 1.75. The smallest absolute Gasteiger partial charge is 0.230 e. The molecule has 9 heteroatoms. The van der Waals surface area contributed by atoms with Crippen LogP contribution in [0.1, 0.15) is 29.3 Å². The van der Waals surface area contributed by atoms with Crippen molar-refractivity contribution in [3.63, 3.8) is 0 Å². The molecule has 0 spiro atoms. The van der Waals surface area contributed by atoms with E-state index in [9.17, 15) is 4.79 Å². The second-order valence-corrected chi connectivity index (χ2v) is 6.37. The Morgan fingerprint density at radius 1 is 1.26 bits per heavy atom. The summed E-state index contributed by atoms with van der Waals surface area (Å²) < 4.78 is 1.56. The highest BCUT2D eigenvalue weighted by atomic mass is 32.1. The normalized spacial score (nSPS) is 13.9. The Labute approximate surface area is 135 Å². The van der Waals surface area contributed by atoms with Gasteiger partial charge in [0, 0.05) is 5.92 Å². The monoisotopic (exact) mass is 327 g/mol. The molecule has 8 nitrogen and oxygen atoms in total. The van der Waals surface area contributed by atoms with Crippen molar-refractivity contribution in [2.45, 2.75) is 25.2 Å². The first-order valence-electron chi connectivity index (χ1n) is 7.23. The molecule has 2 aromatic heterocycles. The van der Waals surface area contributed by atoms with Gasteiger partial charge in [0.1, 0.15) is 11.3 Å². The van der Waals surface area contributed by atoms with Crippen LogP contribution in [0, 0.1) is 0 Å². The lowest BCUT2D eigenvalue weighted by molar-refractivity contribution is -0.115. The highest BCUT2D eigenvalue weighted by Crippen LogP contribution is 2.42. The summed E-state index contributed by atoms with van der Waals surface area (Å²) in [6.07, 6.45) is 4.16. The summed E-state index contributed by atoms with van der Waals surface area (Å²) in [6.45, 7) is 0. The summed E-state index contributed by atoms with van der Waals surface area (Å²) in [6, 6.07) is 7.50. The van der Waals surface area contributed by atoms with Crippen LogP contribution in [0.4, 0.5) is 5.13 Å². The molecule has 23 heavy (non-hydrogen) atoms. The zero-order chi connectivity index (χ0) is 15.6. The van der Waals surface area contributed by atoms with E-state index in [0.717, 1.165) is 16.3 Å². The fraction of sp³-hybridized carbons (Fsp3) is 0.286. The summed E-state index contributed by atoms with van der Waals surface area (Å²) >= 11 is 1.46. The number of hydrogen-bond donors (Lipinski definition) is 1. The lowest BCUT2D eigenvalue weighted by Gasteiger charge is -2.03. The predicted molar refractivity (Wildman–Crippen MR) is 83.4 cm³/mol. The molecule has 4 rings (SSSR count). The molecule has 1 N–H and O–H groups in total. The number of amides is 1. The molecule has 0 atom stereocenters. The van der Waals surface area contributed by atoms with Gasteiger partial charge in [-0.05, 0) is 41.0 Å². The third-order valence-electron chi connectivity index (χ3n) is 3.53. The quantitative estimate of drug-likeness (QED) is 0.764. The van der Waals surface area contributed by atoms with Crippen molar-refractivity contribution in [2.24, 2.45) is 0 Å². The van der Waals surface area contributed by atoms with E-state index in [1.165, 1.54) is 30.5 Å². The van der Waals surface area contributed by atoms with Crippen molar-refractivity contribution in [2.75, 3.05) is 5.32 Å². The van der Waals surface area contributed by atoms with E-state index in [-0.39, 0.29) is 12.3 Å². The number of carbonyl (C=O) groups is 1. The number of rotatable bonds is 5. The summed E-state index contributed by atoms with van der Waals surface area (Å²) in [7, 11) is 0. The molecule has 1 fully saturated rings. The van der Waals surface area contributed by atoms with E-state index in [1.54, 1.807) is 4.68 Å². The molecular weight excluding hydrogens is 314 g/mol. The van der Waals surface area contributed by atoms with Crippen molar-refractivity contribution in [1.29, 1.82) is 0 Å². The van der Waals surface area contributed by atoms with E-state index < -0.39 is 0 Å². The molecule has 0 aliphatic heterocycles. The van der Waals surface area contributed by atoms with Gasteiger partial charge < -0.3 is 5.32 Å². The standard InChI is InChI=1S/C14H13N7OS/c22-12(16-14-18-17-13(23-14)10-3-4-10)7-9-1-5-11(6-2-9)21-8-15-19-20-21/h1-2,5-6,8,10H,3-4,7H2,(H,16,18,22). The lowest BCUT2D eigenvalue weighted by Crippen LogP contribution is -2.14. The summed E-state index contributed by atoms with van der Waals surface area (Å²) in [5.74, 6) is 0.454. The molecule has 116 valence electrons. The molecule has 0 bridgehead atoms. The Bertz CT molecular complexity index is 808. The zero-order valence-electron chi connectivity index (χ0n) is 12.1. The van der Waals surface area contributed by atoms with Crippen LogP contribution in [-0.2, 0) is 11.2 Å². The fourth-order valence-corrected chi connectivity index (χ4v) is 3.10. The van der Waals surface area contributed by atoms with Crippen molar-refractivity contribution in [3.8, 4) is 5.69 Å². The van der Waals surface area contributed by atoms with Crippen LogP contribution in [0.15, 0.2) is 30.6 Å². The molecule has 2 heterocycles. The zero-order valence-corrected chi connectivity index (χ0v) is 12.9. The number of anilines is 1. The van der Waals surface area contributed by atoms with E-state index in [0.29, 0.717) is 11.0 Å². The first-order chi connectivity index (χ1) is 11.3. The van der Waals surface area contributed by atoms with Gasteiger partial charge in [0.15, 0.2) is 0 Å². The van der Waals surface area contributed by atoms with Crippen molar-refractivity contribution >= 4 is 22.4 Å². The Morgan fingerprint density at radius 3 is 2.78 bits per heavy atom. The van der Waals surface area contributed by atoms with Gasteiger partial charge in [-0.1, -0.05) is 23.5 Å². The topological polar surface area (TPSA) is 98.5 Å². The average molecular weight is 327 g/mol. The molecule has 1 aliphatic rings. The van der Waals surface area contributed by atoms with Gasteiger partial charge in [0.05, 0.1) is 12.1 Å². The summed E-state index contributed by atoms with van der Waals surface area (Å²) in [4.78, 5) is 12.1. The number of nitrogens with one attached hydrogen (secondary N) is 1. The maximum absolute atomic E-state index is 12.1. The van der Waals surface area contributed by atoms with Gasteiger partial charge >= 0.3 is 0 Å². The minimum absolute atomic E-state index is 0.0985. The molecule has 3 aromatic rings. The molecular formula is C14H13N7OS. The van der Waals surface area contributed by atoms with Gasteiger partial charge in [-0.25, -0.2) is 4.68 Å². The highest BCUT2D eigenvalue weighted by molar-refractivity contribution is 7.15. The summed E-state index contributed by atoms with van der Waals surface area (Å²) in [5, 5.41) is 23.5. The average Bonchev–Trinajstić information content (AvgIpc) is 3.07. The van der Waals surface area contributed by atoms with E-state index >= 15 is 0 Å². The van der Waals surface area contributed by atoms with E-state index in [2.05, 4.69) is 31.0 Å². The van der Waals surface area contributed by atoms with Crippen LogP contribution < -0.4 is 5.32 Å². The highest BCUT2D eigenvalue weighted by Gasteiger charge is 2.27. The van der Waals surface area contributed by atoms with Crippen LogP contribution in [-0.4, -0.2) is 36.3 Å². The maximum atomic E-state index is 12.1. The van der Waals surface area contributed by atoms with Crippen LogP contribution in [0.3, 0.4) is 0 Å². The minimum atomic E-state index is -0.0985. The fourth-order valence-electron chi connectivity index (χ4n) is 2.18. The number of aromatic nitrogens is 6. The maximum Gasteiger partial charge on any atom is 0.230 e. The molecule has 1 amide bonds. The Morgan fingerprint density at radius 2 is 2.09 bits per heavy atom. The van der Waals surface area contributed by atoms with Gasteiger partial charge in [-0.2, -0.15) is 0 Å². The predicted octanol–water partition coefficient (Wildman–Crippen LogP) is 1.57. The van der Waals surface area contributed by atoms with E-state index in [4.69, 9.17) is 0 Å². The number of nitrogens with zero attached hydrogens (tertiary/aromatic N) is 6. The van der Waals surface area contributed by atoms with Crippen LogP contribution >= 0.6 is 11.3 Å². The van der Waals surface area contributed by atoms with E-state index in [1.807, 2.05) is 24.3 Å². The van der Waals surface area contributed by atoms with Gasteiger partial charge in [-0.15, -0.1) is 15.3 Å². The van der Waals surface area contributed by atoms with Crippen LogP contribution in [0.5, 0.6) is 0 Å². The minimum Gasteiger partial charge on any atom is -0.300 e. The molecule has 0 saturated heterocycles. The number of carbonyl (C=O) groups excluding carboxylic acids is 1. The first kappa shape index (κ1) is 13.9. The van der Waals surface area contributed by atoms with Crippen molar-refractivity contribution in [3.05, 3.63) is 41.2 Å². The third kappa shape index (κ3) is 3.24. The molecule has 0 radical (unpaired) electrons. The van der Waals surface area contributed by atoms with Gasteiger partial charge in [0.2, 0.25) is 11.0 Å². The Kier molecular flexibility index (Phi) is 3.54. The SMILES string of the molecule is O=C(Cc1ccc(-n2cnnn2)cc1)Nc1nnc(C2CC2)s1. The largest absolute Gasteiger partial charge is 0.300 e. The Balaban J connectivity index is 1.37. The lowest BCUT2D eigenvalue weighted by atomic mass is 10.1. The molecule has 1 saturated carbocycles. The first-order valence-corrected chi connectivity index (χ1v) is 8.05.